The van der Waals surface area contributed by atoms with E-state index in [-0.39, 0.29) is 46.7 Å². The van der Waals surface area contributed by atoms with Crippen LogP contribution in [0.3, 0.4) is 0 Å². The van der Waals surface area contributed by atoms with Crippen molar-refractivity contribution in [1.29, 1.82) is 0 Å². The van der Waals surface area contributed by atoms with Crippen LogP contribution in [0, 0.1) is 0 Å². The van der Waals surface area contributed by atoms with Crippen molar-refractivity contribution in [3.63, 3.8) is 0 Å². The molecule has 1 aromatic heterocycles. The van der Waals surface area contributed by atoms with E-state index in [0.29, 0.717) is 38.8 Å². The standard InChI is InChI=1S/C54H35NO/c1-2-11-36(12-3-1)37-21-23-38(24-22-37)39-25-30-43(31-26-39)55(51-19-10-20-52-53(51)49-34-29-40-13-4-7-16-46(40)54(49)56-52)44-32-27-41(28-33-44)50-35-42-14-5-6-15-45(42)47-17-8-9-18-48(47)50/h1-35H/i25D,26D,27D,28D,30D,31D,32D,33D. The molecule has 0 spiro atoms. The van der Waals surface area contributed by atoms with Gasteiger partial charge in [-0.15, -0.1) is 0 Å². The average molecular weight is 722 g/mol. The van der Waals surface area contributed by atoms with E-state index in [2.05, 4.69) is 0 Å². The molecule has 2 nitrogen and oxygen atoms in total. The average Bonchev–Trinajstić information content (AvgIpc) is 3.73. The minimum atomic E-state index is -0.417. The second kappa shape index (κ2) is 13.2. The van der Waals surface area contributed by atoms with Crippen molar-refractivity contribution in [2.45, 2.75) is 0 Å². The summed E-state index contributed by atoms with van der Waals surface area (Å²) in [6.45, 7) is 0. The van der Waals surface area contributed by atoms with Crippen LogP contribution < -0.4 is 4.90 Å². The van der Waals surface area contributed by atoms with Gasteiger partial charge in [-0.3, -0.25) is 0 Å². The first-order valence-corrected chi connectivity index (χ1v) is 18.5. The molecule has 0 amide bonds. The number of nitrogens with zero attached hydrogens (tertiary/aromatic N) is 1. The molecule has 0 aliphatic carbocycles. The van der Waals surface area contributed by atoms with Crippen molar-refractivity contribution in [3.05, 3.63) is 212 Å². The zero-order valence-corrected chi connectivity index (χ0v) is 29.9. The van der Waals surface area contributed by atoms with Crippen molar-refractivity contribution in [3.8, 4) is 33.4 Å². The maximum Gasteiger partial charge on any atom is 0.143 e. The zero-order valence-electron chi connectivity index (χ0n) is 37.9. The second-order valence-electron chi connectivity index (χ2n) is 13.8. The molecule has 0 saturated carbocycles. The van der Waals surface area contributed by atoms with Gasteiger partial charge in [0.15, 0.2) is 0 Å². The monoisotopic (exact) mass is 721 g/mol. The van der Waals surface area contributed by atoms with E-state index in [0.717, 1.165) is 43.4 Å². The summed E-state index contributed by atoms with van der Waals surface area (Å²) < 4.78 is 83.9. The van der Waals surface area contributed by atoms with Crippen molar-refractivity contribution in [2.75, 3.05) is 4.90 Å². The predicted molar refractivity (Wildman–Crippen MR) is 237 cm³/mol. The van der Waals surface area contributed by atoms with E-state index in [4.69, 9.17) is 4.42 Å². The van der Waals surface area contributed by atoms with Gasteiger partial charge in [-0.2, -0.15) is 0 Å². The van der Waals surface area contributed by atoms with Gasteiger partial charge in [0.25, 0.3) is 0 Å². The lowest BCUT2D eigenvalue weighted by atomic mass is 9.93. The first-order chi connectivity index (χ1) is 31.1. The van der Waals surface area contributed by atoms with Crippen molar-refractivity contribution >= 4 is 71.3 Å². The summed E-state index contributed by atoms with van der Waals surface area (Å²) in [6, 6.07) is 48.6. The minimum absolute atomic E-state index is 0.0924. The Morgan fingerprint density at radius 2 is 0.946 bits per heavy atom. The number of hydrogen-bond donors (Lipinski definition) is 0. The summed E-state index contributed by atoms with van der Waals surface area (Å²) in [5, 5.41) is 6.59. The quantitative estimate of drug-likeness (QED) is 0.159. The molecular formula is C54H35NO. The lowest BCUT2D eigenvalue weighted by Crippen LogP contribution is -2.10. The van der Waals surface area contributed by atoms with Gasteiger partial charge in [0.1, 0.15) is 11.2 Å². The zero-order chi connectivity index (χ0) is 44.0. The van der Waals surface area contributed by atoms with Crippen LogP contribution in [-0.2, 0) is 0 Å². The van der Waals surface area contributed by atoms with Gasteiger partial charge in [-0.1, -0.05) is 164 Å². The summed E-state index contributed by atoms with van der Waals surface area (Å²) >= 11 is 0. The van der Waals surface area contributed by atoms with Crippen LogP contribution in [0.1, 0.15) is 11.0 Å². The SMILES string of the molecule is [2H]c1c([2H])c(N(c2c([2H])c([2H])c(-c3cc4ccccc4c4ccccc34)c([2H])c2[2H])c2cccc3oc4c5ccccc5ccc4c23)c([2H])c([2H])c1-c1ccc(-c2ccccc2)cc1. The molecule has 11 rings (SSSR count). The Balaban J connectivity index is 1.20. The predicted octanol–water partition coefficient (Wildman–Crippen LogP) is 15.5. The van der Waals surface area contributed by atoms with Gasteiger partial charge >= 0.3 is 0 Å². The van der Waals surface area contributed by atoms with Gasteiger partial charge in [0.05, 0.1) is 22.0 Å². The highest BCUT2D eigenvalue weighted by Crippen LogP contribution is 2.45. The van der Waals surface area contributed by atoms with Crippen LogP contribution in [0.4, 0.5) is 17.1 Å². The Bertz CT molecular complexity index is 3660. The van der Waals surface area contributed by atoms with Gasteiger partial charge in [0, 0.05) is 22.1 Å². The maximum atomic E-state index is 9.81. The number of hydrogen-bond acceptors (Lipinski definition) is 2. The van der Waals surface area contributed by atoms with Crippen molar-refractivity contribution in [1.82, 2.24) is 0 Å². The number of fused-ring (bicyclic) bond motifs is 8. The van der Waals surface area contributed by atoms with Crippen LogP contribution >= 0.6 is 0 Å². The lowest BCUT2D eigenvalue weighted by Gasteiger charge is -2.27. The Morgan fingerprint density at radius 1 is 0.375 bits per heavy atom. The Hall–Kier alpha value is -7.42. The van der Waals surface area contributed by atoms with E-state index in [1.807, 2.05) is 133 Å². The fourth-order valence-electron chi connectivity index (χ4n) is 7.91. The van der Waals surface area contributed by atoms with E-state index in [1.165, 1.54) is 4.90 Å². The molecule has 0 atom stereocenters. The molecule has 0 aliphatic rings. The highest BCUT2D eigenvalue weighted by Gasteiger charge is 2.21. The minimum Gasteiger partial charge on any atom is -0.455 e. The number of benzene rings is 10. The normalized spacial score (nSPS) is 13.6. The number of furan rings is 1. The van der Waals surface area contributed by atoms with Crippen LogP contribution in [0.5, 0.6) is 0 Å². The molecule has 0 N–H and O–H groups in total. The van der Waals surface area contributed by atoms with Crippen molar-refractivity contribution < 1.29 is 15.4 Å². The van der Waals surface area contributed by atoms with E-state index < -0.39 is 24.2 Å². The van der Waals surface area contributed by atoms with Crippen LogP contribution in [-0.4, -0.2) is 0 Å². The van der Waals surface area contributed by atoms with Gasteiger partial charge in [0.2, 0.25) is 0 Å². The summed E-state index contributed by atoms with van der Waals surface area (Å²) in [6.07, 6.45) is 0. The topological polar surface area (TPSA) is 16.4 Å². The molecule has 262 valence electrons. The second-order valence-corrected chi connectivity index (χ2v) is 13.8. The van der Waals surface area contributed by atoms with Crippen LogP contribution in [0.25, 0.3) is 87.6 Å². The highest BCUT2D eigenvalue weighted by atomic mass is 16.3. The van der Waals surface area contributed by atoms with Gasteiger partial charge in [-0.05, 0) is 109 Å². The molecule has 2 heteroatoms. The smallest absolute Gasteiger partial charge is 0.143 e. The molecule has 0 bridgehead atoms. The summed E-state index contributed by atoms with van der Waals surface area (Å²) in [4.78, 5) is 1.37. The number of anilines is 3. The molecule has 0 saturated heterocycles. The molecule has 0 aliphatic heterocycles. The number of rotatable bonds is 6. The third kappa shape index (κ3) is 5.34. The largest absolute Gasteiger partial charge is 0.455 e. The van der Waals surface area contributed by atoms with Crippen molar-refractivity contribution in [2.24, 2.45) is 0 Å². The molecular weight excluding hydrogens is 679 g/mol. The Morgan fingerprint density at radius 3 is 1.68 bits per heavy atom. The molecule has 11 aromatic rings. The van der Waals surface area contributed by atoms with E-state index >= 15 is 0 Å². The summed E-state index contributed by atoms with van der Waals surface area (Å²) in [7, 11) is 0. The molecule has 1 heterocycles. The third-order valence-electron chi connectivity index (χ3n) is 10.6. The molecule has 0 radical (unpaired) electrons. The third-order valence-corrected chi connectivity index (χ3v) is 10.6. The van der Waals surface area contributed by atoms with E-state index in [9.17, 15) is 11.0 Å². The Kier molecular flexibility index (Phi) is 5.83. The Labute approximate surface area is 336 Å². The molecule has 0 fully saturated rings. The van der Waals surface area contributed by atoms with Crippen LogP contribution in [0.2, 0.25) is 0 Å². The fraction of sp³-hybridized carbons (Fsp3) is 0. The molecule has 10 aromatic carbocycles. The summed E-state index contributed by atoms with van der Waals surface area (Å²) in [5.41, 5.74) is 4.03. The fourth-order valence-corrected chi connectivity index (χ4v) is 7.91. The maximum absolute atomic E-state index is 9.81. The first kappa shape index (κ1) is 24.8. The van der Waals surface area contributed by atoms with Gasteiger partial charge in [-0.25, -0.2) is 0 Å². The highest BCUT2D eigenvalue weighted by molar-refractivity contribution is 6.20. The lowest BCUT2D eigenvalue weighted by molar-refractivity contribution is 0.672. The first-order valence-electron chi connectivity index (χ1n) is 22.5. The summed E-state index contributed by atoms with van der Waals surface area (Å²) in [5.74, 6) is 0. The van der Waals surface area contributed by atoms with Gasteiger partial charge < -0.3 is 9.32 Å². The molecule has 56 heavy (non-hydrogen) atoms. The molecule has 0 unspecified atom stereocenters. The van der Waals surface area contributed by atoms with Crippen LogP contribution in [0.15, 0.2) is 217 Å². The van der Waals surface area contributed by atoms with E-state index in [1.54, 1.807) is 30.3 Å².